The van der Waals surface area contributed by atoms with Crippen molar-refractivity contribution in [2.75, 3.05) is 6.61 Å². The van der Waals surface area contributed by atoms with E-state index in [1.54, 1.807) is 17.8 Å². The van der Waals surface area contributed by atoms with Crippen LogP contribution in [0.25, 0.3) is 0 Å². The average molecular weight is 261 g/mol. The van der Waals surface area contributed by atoms with Crippen LogP contribution in [0.1, 0.15) is 13.3 Å². The molecular formula is C9H13BrN2O2. The third-order valence-corrected chi connectivity index (χ3v) is 1.52. The summed E-state index contributed by atoms with van der Waals surface area (Å²) in [5.74, 6) is -0.180. The van der Waals surface area contributed by atoms with Gasteiger partial charge in [-0.1, -0.05) is 4.68 Å². The summed E-state index contributed by atoms with van der Waals surface area (Å²) in [5.41, 5.74) is 0. The number of hydrogen-bond donors (Lipinski definition) is 0. The van der Waals surface area contributed by atoms with E-state index < -0.39 is 0 Å². The molecule has 0 atom stereocenters. The topological polar surface area (TPSA) is 43.1 Å². The molecule has 0 aromatic carbocycles. The number of nitrogens with zero attached hydrogens (tertiary/aromatic N) is 2. The fraction of sp³-hybridized carbons (Fsp3) is 0.444. The minimum Gasteiger partial charge on any atom is -1.00 e. The highest BCUT2D eigenvalue weighted by Crippen LogP contribution is 1.85. The quantitative estimate of drug-likeness (QED) is 0.438. The Morgan fingerprint density at radius 2 is 2.29 bits per heavy atom. The molecule has 0 bridgehead atoms. The SMILES string of the molecule is CCOC(=O)CC[n+]1ccccn1.[Br-]. The summed E-state index contributed by atoms with van der Waals surface area (Å²) in [6.45, 7) is 2.80. The second kappa shape index (κ2) is 7.44. The molecule has 1 aromatic rings. The molecule has 1 aromatic heterocycles. The zero-order valence-electron chi connectivity index (χ0n) is 8.02. The van der Waals surface area contributed by atoms with E-state index in [1.165, 1.54) is 0 Å². The molecule has 5 heteroatoms. The summed E-state index contributed by atoms with van der Waals surface area (Å²) in [4.78, 5) is 11.0. The first-order valence-electron chi connectivity index (χ1n) is 4.29. The molecule has 1 heterocycles. The van der Waals surface area contributed by atoms with E-state index in [0.717, 1.165) is 0 Å². The number of rotatable bonds is 4. The number of ether oxygens (including phenoxy) is 1. The van der Waals surface area contributed by atoms with Crippen LogP contribution >= 0.6 is 0 Å². The number of esters is 1. The Kier molecular flexibility index (Phi) is 6.92. The van der Waals surface area contributed by atoms with Crippen molar-refractivity contribution in [1.82, 2.24) is 5.10 Å². The predicted molar refractivity (Wildman–Crippen MR) is 45.7 cm³/mol. The van der Waals surface area contributed by atoms with Gasteiger partial charge in [-0.3, -0.25) is 4.79 Å². The highest BCUT2D eigenvalue weighted by molar-refractivity contribution is 5.68. The lowest BCUT2D eigenvalue weighted by Crippen LogP contribution is -3.00. The van der Waals surface area contributed by atoms with Gasteiger partial charge >= 0.3 is 5.97 Å². The molecule has 14 heavy (non-hydrogen) atoms. The molecule has 0 aliphatic rings. The zero-order valence-corrected chi connectivity index (χ0v) is 9.61. The van der Waals surface area contributed by atoms with Gasteiger partial charge in [0.2, 0.25) is 0 Å². The number of carbonyl (C=O) groups is 1. The van der Waals surface area contributed by atoms with Crippen molar-refractivity contribution in [3.05, 3.63) is 24.5 Å². The van der Waals surface area contributed by atoms with Crippen LogP contribution in [0.2, 0.25) is 0 Å². The van der Waals surface area contributed by atoms with E-state index in [1.807, 2.05) is 18.3 Å². The van der Waals surface area contributed by atoms with E-state index in [0.29, 0.717) is 19.6 Å². The number of carbonyl (C=O) groups excluding carboxylic acids is 1. The molecule has 1 rings (SSSR count). The van der Waals surface area contributed by atoms with Crippen LogP contribution in [0.15, 0.2) is 24.5 Å². The van der Waals surface area contributed by atoms with E-state index in [9.17, 15) is 4.79 Å². The van der Waals surface area contributed by atoms with Crippen LogP contribution in [0, 0.1) is 0 Å². The van der Waals surface area contributed by atoms with Gasteiger partial charge in [0.25, 0.3) is 0 Å². The second-order valence-corrected chi connectivity index (χ2v) is 2.52. The maximum atomic E-state index is 11.0. The van der Waals surface area contributed by atoms with E-state index in [4.69, 9.17) is 4.74 Å². The fourth-order valence-corrected chi connectivity index (χ4v) is 0.933. The van der Waals surface area contributed by atoms with Gasteiger partial charge in [-0.2, -0.15) is 0 Å². The summed E-state index contributed by atoms with van der Waals surface area (Å²) in [5, 5.41) is 4.02. The summed E-state index contributed by atoms with van der Waals surface area (Å²) >= 11 is 0. The van der Waals surface area contributed by atoms with Crippen molar-refractivity contribution in [1.29, 1.82) is 0 Å². The molecule has 0 radical (unpaired) electrons. The Hall–Kier alpha value is -0.970. The van der Waals surface area contributed by atoms with Crippen molar-refractivity contribution in [3.63, 3.8) is 0 Å². The average Bonchev–Trinajstić information content (AvgIpc) is 2.17. The minimum absolute atomic E-state index is 0. The summed E-state index contributed by atoms with van der Waals surface area (Å²) in [6.07, 6.45) is 3.87. The molecule has 78 valence electrons. The number of halogens is 1. The highest BCUT2D eigenvalue weighted by Gasteiger charge is 2.06. The van der Waals surface area contributed by atoms with Crippen molar-refractivity contribution in [2.24, 2.45) is 0 Å². The molecule has 0 spiro atoms. The summed E-state index contributed by atoms with van der Waals surface area (Å²) < 4.78 is 6.49. The highest BCUT2D eigenvalue weighted by atomic mass is 79.9. The molecule has 0 saturated carbocycles. The lowest BCUT2D eigenvalue weighted by atomic mass is 10.4. The lowest BCUT2D eigenvalue weighted by molar-refractivity contribution is -0.753. The Morgan fingerprint density at radius 1 is 1.50 bits per heavy atom. The number of hydrogen-bond acceptors (Lipinski definition) is 3. The van der Waals surface area contributed by atoms with Crippen LogP contribution in [0.4, 0.5) is 0 Å². The Bertz CT molecular complexity index is 267. The molecule has 0 aliphatic heterocycles. The van der Waals surface area contributed by atoms with Crippen molar-refractivity contribution < 1.29 is 31.2 Å². The lowest BCUT2D eigenvalue weighted by Gasteiger charge is -1.97. The van der Waals surface area contributed by atoms with Crippen LogP contribution in [-0.2, 0) is 16.1 Å². The minimum atomic E-state index is -0.180. The van der Waals surface area contributed by atoms with Gasteiger partial charge in [0.05, 0.1) is 12.8 Å². The zero-order chi connectivity index (χ0) is 9.52. The van der Waals surface area contributed by atoms with Crippen LogP contribution in [-0.4, -0.2) is 17.7 Å². The smallest absolute Gasteiger partial charge is 0.312 e. The molecule has 0 amide bonds. The monoisotopic (exact) mass is 260 g/mol. The largest absolute Gasteiger partial charge is 1.00 e. The van der Waals surface area contributed by atoms with Gasteiger partial charge in [0, 0.05) is 6.07 Å². The third-order valence-electron chi connectivity index (χ3n) is 1.52. The van der Waals surface area contributed by atoms with Gasteiger partial charge in [0.1, 0.15) is 6.42 Å². The first-order chi connectivity index (χ1) is 6.33. The van der Waals surface area contributed by atoms with Crippen molar-refractivity contribution in [3.8, 4) is 0 Å². The Labute approximate surface area is 93.7 Å². The maximum Gasteiger partial charge on any atom is 0.312 e. The Morgan fingerprint density at radius 3 is 2.86 bits per heavy atom. The first kappa shape index (κ1) is 13.0. The van der Waals surface area contributed by atoms with Gasteiger partial charge in [-0.15, -0.1) is 0 Å². The normalized spacial score (nSPS) is 8.93. The summed E-state index contributed by atoms with van der Waals surface area (Å²) in [7, 11) is 0. The van der Waals surface area contributed by atoms with Crippen LogP contribution in [0.5, 0.6) is 0 Å². The predicted octanol–water partition coefficient (Wildman–Crippen LogP) is -2.67. The number of aromatic nitrogens is 2. The van der Waals surface area contributed by atoms with E-state index in [-0.39, 0.29) is 23.0 Å². The first-order valence-corrected chi connectivity index (χ1v) is 4.29. The van der Waals surface area contributed by atoms with Crippen LogP contribution in [0.3, 0.4) is 0 Å². The third kappa shape index (κ3) is 4.91. The standard InChI is InChI=1S/C9H13N2O2.BrH/c1-2-13-9(12)5-8-11-7-4-3-6-10-11;/h3-4,6-7H,2,5,8H2,1H3;1H/q+1;/p-1. The maximum absolute atomic E-state index is 11.0. The van der Waals surface area contributed by atoms with E-state index in [2.05, 4.69) is 5.10 Å². The van der Waals surface area contributed by atoms with Gasteiger partial charge in [-0.05, 0) is 18.1 Å². The molecule has 0 fully saturated rings. The molecule has 0 aliphatic carbocycles. The van der Waals surface area contributed by atoms with Gasteiger partial charge < -0.3 is 21.7 Å². The van der Waals surface area contributed by atoms with Crippen LogP contribution < -0.4 is 21.7 Å². The summed E-state index contributed by atoms with van der Waals surface area (Å²) in [6, 6.07) is 3.71. The molecule has 0 N–H and O–H groups in total. The van der Waals surface area contributed by atoms with Gasteiger partial charge in [-0.25, -0.2) is 0 Å². The van der Waals surface area contributed by atoms with E-state index >= 15 is 0 Å². The van der Waals surface area contributed by atoms with Crippen molar-refractivity contribution in [2.45, 2.75) is 19.9 Å². The number of aryl methyl sites for hydroxylation is 1. The second-order valence-electron chi connectivity index (χ2n) is 2.52. The van der Waals surface area contributed by atoms with Crippen molar-refractivity contribution >= 4 is 5.97 Å². The molecular weight excluding hydrogens is 248 g/mol. The molecule has 0 unspecified atom stereocenters. The van der Waals surface area contributed by atoms with Gasteiger partial charge in [0.15, 0.2) is 12.7 Å². The molecule has 4 nitrogen and oxygen atoms in total. The molecule has 0 saturated heterocycles. The fourth-order valence-electron chi connectivity index (χ4n) is 0.933. The Balaban J connectivity index is 0.00000169.